The minimum absolute atomic E-state index is 0.0570. The highest BCUT2D eigenvalue weighted by molar-refractivity contribution is 5.70. The highest BCUT2D eigenvalue weighted by atomic mass is 16.6. The van der Waals surface area contributed by atoms with Gasteiger partial charge in [-0.2, -0.15) is 0 Å². The largest absolute Gasteiger partial charge is 0.462 e. The monoisotopic (exact) mass is 945 g/mol. The molecule has 0 saturated carbocycles. The van der Waals surface area contributed by atoms with Crippen molar-refractivity contribution < 1.29 is 24.2 Å². The van der Waals surface area contributed by atoms with Crippen molar-refractivity contribution in [2.45, 2.75) is 360 Å². The third-order valence-corrected chi connectivity index (χ3v) is 14.3. The van der Waals surface area contributed by atoms with Gasteiger partial charge in [0.2, 0.25) is 0 Å². The summed E-state index contributed by atoms with van der Waals surface area (Å²) in [5.41, 5.74) is 0. The van der Waals surface area contributed by atoms with Gasteiger partial charge in [-0.25, -0.2) is 0 Å². The van der Waals surface area contributed by atoms with Crippen molar-refractivity contribution in [2.75, 3.05) is 13.2 Å². The summed E-state index contributed by atoms with van der Waals surface area (Å²) in [5, 5.41) is 9.63. The fraction of sp³-hybridized carbons (Fsp3) is 0.935. The summed E-state index contributed by atoms with van der Waals surface area (Å²) in [5.74, 6) is -0.567. The number of carbonyl (C=O) groups excluding carboxylic acids is 2. The number of ether oxygens (including phenoxy) is 2. The summed E-state index contributed by atoms with van der Waals surface area (Å²) in [7, 11) is 0. The van der Waals surface area contributed by atoms with Crippen LogP contribution in [0.4, 0.5) is 0 Å². The Hall–Kier alpha value is -1.36. The van der Waals surface area contributed by atoms with Gasteiger partial charge >= 0.3 is 11.9 Å². The van der Waals surface area contributed by atoms with Gasteiger partial charge in [-0.1, -0.05) is 315 Å². The Morgan fingerprint density at radius 2 is 0.552 bits per heavy atom. The summed E-state index contributed by atoms with van der Waals surface area (Å²) >= 11 is 0. The van der Waals surface area contributed by atoms with Crippen molar-refractivity contribution in [3.63, 3.8) is 0 Å². The molecule has 5 nitrogen and oxygen atoms in total. The molecule has 1 atom stereocenters. The molecule has 0 saturated heterocycles. The summed E-state index contributed by atoms with van der Waals surface area (Å²) in [6.07, 6.45) is 73.8. The molecule has 1 unspecified atom stereocenters. The summed E-state index contributed by atoms with van der Waals surface area (Å²) in [6.45, 7) is 4.19. The normalized spacial score (nSPS) is 12.1. The van der Waals surface area contributed by atoms with Crippen molar-refractivity contribution in [2.24, 2.45) is 0 Å². The molecule has 0 amide bonds. The zero-order chi connectivity index (χ0) is 48.5. The first-order valence-electron chi connectivity index (χ1n) is 30.7. The second kappa shape index (κ2) is 59.0. The molecular formula is C62H120O5. The Kier molecular flexibility index (Phi) is 57.8. The zero-order valence-electron chi connectivity index (χ0n) is 45.7. The number of hydrogen-bond donors (Lipinski definition) is 1. The van der Waals surface area contributed by atoms with Crippen LogP contribution in [0.2, 0.25) is 0 Å². The Morgan fingerprint density at radius 1 is 0.328 bits per heavy atom. The van der Waals surface area contributed by atoms with E-state index in [4.69, 9.17) is 9.47 Å². The van der Waals surface area contributed by atoms with Crippen LogP contribution in [0.25, 0.3) is 0 Å². The van der Waals surface area contributed by atoms with E-state index in [0.717, 1.165) is 32.1 Å². The van der Waals surface area contributed by atoms with E-state index in [1.165, 1.54) is 295 Å². The SMILES string of the molecule is CCCCCCCCCC/C=C\CCCCCCCCCCCCCCCCCCCCCCCCCCCCCC(=O)OC(CO)COC(=O)CCCCCCCCCCCCCCCC. The number of allylic oxidation sites excluding steroid dienone is 2. The first kappa shape index (κ1) is 65.6. The third-order valence-electron chi connectivity index (χ3n) is 14.3. The maximum Gasteiger partial charge on any atom is 0.306 e. The van der Waals surface area contributed by atoms with Crippen molar-refractivity contribution in [3.05, 3.63) is 12.2 Å². The maximum atomic E-state index is 12.3. The number of aliphatic hydroxyl groups is 1. The Balaban J connectivity index is 3.33. The Labute approximate surface area is 420 Å². The van der Waals surface area contributed by atoms with Gasteiger partial charge in [0.25, 0.3) is 0 Å². The molecule has 0 aliphatic heterocycles. The maximum absolute atomic E-state index is 12.3. The van der Waals surface area contributed by atoms with Crippen LogP contribution in [0, 0.1) is 0 Å². The van der Waals surface area contributed by atoms with E-state index in [0.29, 0.717) is 12.8 Å². The molecule has 0 radical (unpaired) electrons. The van der Waals surface area contributed by atoms with Crippen LogP contribution in [0.15, 0.2) is 12.2 Å². The smallest absolute Gasteiger partial charge is 0.306 e. The molecule has 0 bridgehead atoms. The van der Waals surface area contributed by atoms with Crippen molar-refractivity contribution in [3.8, 4) is 0 Å². The van der Waals surface area contributed by atoms with E-state index >= 15 is 0 Å². The van der Waals surface area contributed by atoms with E-state index in [1.807, 2.05) is 0 Å². The fourth-order valence-electron chi connectivity index (χ4n) is 9.67. The van der Waals surface area contributed by atoms with Gasteiger partial charge < -0.3 is 14.6 Å². The van der Waals surface area contributed by atoms with Crippen LogP contribution in [-0.4, -0.2) is 36.4 Å². The first-order chi connectivity index (χ1) is 33.1. The predicted molar refractivity (Wildman–Crippen MR) is 293 cm³/mol. The summed E-state index contributed by atoms with van der Waals surface area (Å²) in [4.78, 5) is 24.5. The Morgan fingerprint density at radius 3 is 0.806 bits per heavy atom. The van der Waals surface area contributed by atoms with Crippen molar-refractivity contribution in [1.82, 2.24) is 0 Å². The second-order valence-electron chi connectivity index (χ2n) is 21.1. The van der Waals surface area contributed by atoms with Crippen LogP contribution in [-0.2, 0) is 19.1 Å². The van der Waals surface area contributed by atoms with Crippen LogP contribution >= 0.6 is 0 Å². The van der Waals surface area contributed by atoms with Gasteiger partial charge in [-0.05, 0) is 38.5 Å². The number of hydrogen-bond acceptors (Lipinski definition) is 5. The molecule has 0 aromatic rings. The average molecular weight is 946 g/mol. The lowest BCUT2D eigenvalue weighted by atomic mass is 10.0. The number of unbranched alkanes of at least 4 members (excludes halogenated alkanes) is 48. The molecule has 0 aliphatic rings. The molecule has 0 aliphatic carbocycles. The minimum Gasteiger partial charge on any atom is -0.462 e. The zero-order valence-corrected chi connectivity index (χ0v) is 45.7. The average Bonchev–Trinajstić information content (AvgIpc) is 3.33. The van der Waals surface area contributed by atoms with Crippen LogP contribution < -0.4 is 0 Å². The van der Waals surface area contributed by atoms with Crippen LogP contribution in [0.1, 0.15) is 354 Å². The van der Waals surface area contributed by atoms with Crippen LogP contribution in [0.3, 0.4) is 0 Å². The predicted octanol–water partition coefficient (Wildman–Crippen LogP) is 20.7. The van der Waals surface area contributed by atoms with Gasteiger partial charge in [-0.3, -0.25) is 9.59 Å². The van der Waals surface area contributed by atoms with E-state index in [1.54, 1.807) is 0 Å². The molecule has 67 heavy (non-hydrogen) atoms. The number of esters is 2. The van der Waals surface area contributed by atoms with Crippen molar-refractivity contribution in [1.29, 1.82) is 0 Å². The summed E-state index contributed by atoms with van der Waals surface area (Å²) < 4.78 is 10.7. The molecule has 0 heterocycles. The quantitative estimate of drug-likeness (QED) is 0.0374. The molecule has 5 heteroatoms. The van der Waals surface area contributed by atoms with Crippen molar-refractivity contribution >= 4 is 11.9 Å². The molecule has 0 rings (SSSR count). The lowest BCUT2D eigenvalue weighted by Crippen LogP contribution is -2.28. The van der Waals surface area contributed by atoms with Gasteiger partial charge in [0.15, 0.2) is 6.10 Å². The van der Waals surface area contributed by atoms with Gasteiger partial charge in [0.1, 0.15) is 6.61 Å². The van der Waals surface area contributed by atoms with E-state index in [-0.39, 0.29) is 25.2 Å². The van der Waals surface area contributed by atoms with E-state index in [9.17, 15) is 14.7 Å². The highest BCUT2D eigenvalue weighted by Crippen LogP contribution is 2.18. The first-order valence-corrected chi connectivity index (χ1v) is 30.7. The van der Waals surface area contributed by atoms with Gasteiger partial charge in [-0.15, -0.1) is 0 Å². The highest BCUT2D eigenvalue weighted by Gasteiger charge is 2.16. The number of rotatable bonds is 58. The topological polar surface area (TPSA) is 72.8 Å². The van der Waals surface area contributed by atoms with E-state index < -0.39 is 6.10 Å². The third kappa shape index (κ3) is 57.1. The molecule has 1 N–H and O–H groups in total. The molecule has 0 fully saturated rings. The minimum atomic E-state index is -0.764. The van der Waals surface area contributed by atoms with Gasteiger partial charge in [0, 0.05) is 12.8 Å². The lowest BCUT2D eigenvalue weighted by molar-refractivity contribution is -0.161. The standard InChI is InChI=1S/C62H120O5/c1-3-5-7-9-11-13-15-17-19-20-21-22-23-24-25-26-27-28-29-30-31-32-33-34-35-36-37-38-39-40-41-42-43-45-47-49-51-53-55-57-62(65)67-60(58-63)59-66-61(64)56-54-52-50-48-46-44-18-16-14-12-10-8-6-4-2/h20-21,60,63H,3-19,22-59H2,1-2H3/b21-20-. The molecule has 0 aromatic heterocycles. The Bertz CT molecular complexity index is 979. The van der Waals surface area contributed by atoms with Crippen LogP contribution in [0.5, 0.6) is 0 Å². The molecule has 398 valence electrons. The van der Waals surface area contributed by atoms with Gasteiger partial charge in [0.05, 0.1) is 6.61 Å². The lowest BCUT2D eigenvalue weighted by Gasteiger charge is -2.15. The number of carbonyl (C=O) groups is 2. The summed E-state index contributed by atoms with van der Waals surface area (Å²) in [6, 6.07) is 0. The molecule has 0 aromatic carbocycles. The molecular weight excluding hydrogens is 825 g/mol. The number of aliphatic hydroxyl groups excluding tert-OH is 1. The van der Waals surface area contributed by atoms with E-state index in [2.05, 4.69) is 26.0 Å². The second-order valence-corrected chi connectivity index (χ2v) is 21.1. The fourth-order valence-corrected chi connectivity index (χ4v) is 9.67. The molecule has 0 spiro atoms.